The third-order valence-electron chi connectivity index (χ3n) is 6.72. The van der Waals surface area contributed by atoms with E-state index in [0.717, 1.165) is 53.5 Å². The smallest absolute Gasteiger partial charge is 0.229 e. The van der Waals surface area contributed by atoms with Crippen LogP contribution in [0, 0.1) is 11.3 Å². The van der Waals surface area contributed by atoms with Crippen LogP contribution in [0.1, 0.15) is 51.0 Å². The molecule has 2 aliphatic rings. The molecule has 1 aliphatic carbocycles. The van der Waals surface area contributed by atoms with Gasteiger partial charge in [0, 0.05) is 25.7 Å². The Kier molecular flexibility index (Phi) is 6.34. The van der Waals surface area contributed by atoms with Crippen LogP contribution in [-0.2, 0) is 0 Å². The lowest BCUT2D eigenvalue weighted by Gasteiger charge is -2.38. The van der Waals surface area contributed by atoms with E-state index in [1.807, 2.05) is 18.2 Å². The number of fused-ring (bicyclic) bond motifs is 1. The molecular weight excluding hydrogens is 432 g/mol. The number of para-hydroxylation sites is 1. The highest BCUT2D eigenvalue weighted by molar-refractivity contribution is 7.17. The predicted octanol–water partition coefficient (Wildman–Crippen LogP) is 5.04. The Hall–Kier alpha value is -2.89. The molecule has 5 rings (SSSR count). The van der Waals surface area contributed by atoms with Crippen molar-refractivity contribution in [3.63, 3.8) is 0 Å². The molecule has 2 aromatic heterocycles. The molecule has 1 saturated heterocycles. The summed E-state index contributed by atoms with van der Waals surface area (Å²) in [4.78, 5) is 14.5. The van der Waals surface area contributed by atoms with E-state index in [4.69, 9.17) is 9.97 Å². The molecule has 33 heavy (non-hydrogen) atoms. The van der Waals surface area contributed by atoms with Crippen LogP contribution in [0.5, 0.6) is 0 Å². The Morgan fingerprint density at radius 1 is 1.21 bits per heavy atom. The highest BCUT2D eigenvalue weighted by atomic mass is 32.1. The molecule has 0 atom stereocenters. The number of nitrogens with zero attached hydrogens (tertiary/aromatic N) is 5. The molecular formula is C25H30N6OS. The van der Waals surface area contributed by atoms with Gasteiger partial charge in [0.25, 0.3) is 0 Å². The fraction of sp³-hybridized carbons (Fsp3) is 0.480. The van der Waals surface area contributed by atoms with Gasteiger partial charge in [-0.1, -0.05) is 13.0 Å². The first-order chi connectivity index (χ1) is 16.2. The molecule has 1 aromatic carbocycles. The summed E-state index contributed by atoms with van der Waals surface area (Å²) < 4.78 is 1.14. The van der Waals surface area contributed by atoms with E-state index in [9.17, 15) is 10.4 Å². The number of aromatic nitrogens is 2. The fourth-order valence-corrected chi connectivity index (χ4v) is 5.62. The van der Waals surface area contributed by atoms with Crippen LogP contribution in [0.2, 0.25) is 0 Å². The average Bonchev–Trinajstić information content (AvgIpc) is 3.26. The molecule has 172 valence electrons. The molecule has 1 aliphatic heterocycles. The molecule has 2 fully saturated rings. The van der Waals surface area contributed by atoms with Crippen molar-refractivity contribution in [1.29, 1.82) is 5.26 Å². The van der Waals surface area contributed by atoms with E-state index in [0.29, 0.717) is 30.4 Å². The summed E-state index contributed by atoms with van der Waals surface area (Å²) in [5.74, 6) is 1.58. The van der Waals surface area contributed by atoms with Crippen molar-refractivity contribution in [2.75, 3.05) is 34.8 Å². The van der Waals surface area contributed by atoms with Crippen molar-refractivity contribution < 1.29 is 5.11 Å². The van der Waals surface area contributed by atoms with Gasteiger partial charge in [-0.2, -0.15) is 10.2 Å². The Labute approximate surface area is 198 Å². The fourth-order valence-electron chi connectivity index (χ4n) is 4.78. The number of nitriles is 1. The van der Waals surface area contributed by atoms with Gasteiger partial charge in [0.05, 0.1) is 33.3 Å². The number of benzene rings is 1. The minimum Gasteiger partial charge on any atom is -0.393 e. The normalized spacial score (nSPS) is 17.1. The van der Waals surface area contributed by atoms with Gasteiger partial charge >= 0.3 is 0 Å². The summed E-state index contributed by atoms with van der Waals surface area (Å²) in [5, 5.41) is 25.3. The molecule has 0 radical (unpaired) electrons. The van der Waals surface area contributed by atoms with E-state index >= 15 is 0 Å². The van der Waals surface area contributed by atoms with E-state index in [2.05, 4.69) is 39.6 Å². The van der Waals surface area contributed by atoms with E-state index in [1.165, 1.54) is 19.3 Å². The lowest BCUT2D eigenvalue weighted by atomic mass is 9.91. The quantitative estimate of drug-likeness (QED) is 0.509. The predicted molar refractivity (Wildman–Crippen MR) is 135 cm³/mol. The zero-order valence-corrected chi connectivity index (χ0v) is 19.8. The number of thiophene rings is 1. The van der Waals surface area contributed by atoms with E-state index in [1.54, 1.807) is 11.3 Å². The van der Waals surface area contributed by atoms with Crippen LogP contribution in [0.4, 0.5) is 23.1 Å². The summed E-state index contributed by atoms with van der Waals surface area (Å²) >= 11 is 1.70. The monoisotopic (exact) mass is 462 g/mol. The number of piperidine rings is 1. The second-order valence-corrected chi connectivity index (χ2v) is 9.86. The molecule has 1 saturated carbocycles. The molecule has 3 aromatic rings. The molecule has 7 nitrogen and oxygen atoms in total. The molecule has 0 spiro atoms. The maximum atomic E-state index is 9.95. The second kappa shape index (κ2) is 9.54. The summed E-state index contributed by atoms with van der Waals surface area (Å²) in [5.41, 5.74) is 3.27. The summed E-state index contributed by atoms with van der Waals surface area (Å²) in [7, 11) is 0. The van der Waals surface area contributed by atoms with E-state index < -0.39 is 0 Å². The van der Waals surface area contributed by atoms with Crippen LogP contribution in [0.25, 0.3) is 10.2 Å². The van der Waals surface area contributed by atoms with Crippen LogP contribution in [-0.4, -0.2) is 46.9 Å². The van der Waals surface area contributed by atoms with Gasteiger partial charge in [-0.3, -0.25) is 0 Å². The van der Waals surface area contributed by atoms with Gasteiger partial charge in [0.1, 0.15) is 6.07 Å². The van der Waals surface area contributed by atoms with Crippen LogP contribution in [0.3, 0.4) is 0 Å². The molecule has 2 N–H and O–H groups in total. The first-order valence-electron chi connectivity index (χ1n) is 11.9. The minimum absolute atomic E-state index is 0.269. The van der Waals surface area contributed by atoms with Crippen molar-refractivity contribution in [3.05, 3.63) is 35.2 Å². The molecule has 8 heteroatoms. The summed E-state index contributed by atoms with van der Waals surface area (Å²) in [6.07, 6.45) is 5.93. The van der Waals surface area contributed by atoms with Gasteiger partial charge < -0.3 is 20.2 Å². The maximum absolute atomic E-state index is 9.95. The largest absolute Gasteiger partial charge is 0.393 e. The number of rotatable bonds is 7. The van der Waals surface area contributed by atoms with Crippen LogP contribution >= 0.6 is 11.3 Å². The summed E-state index contributed by atoms with van der Waals surface area (Å²) in [6, 6.07) is 10.7. The maximum Gasteiger partial charge on any atom is 0.229 e. The molecule has 0 amide bonds. The van der Waals surface area contributed by atoms with Gasteiger partial charge in [0.15, 0.2) is 5.82 Å². The second-order valence-electron chi connectivity index (χ2n) is 8.94. The lowest BCUT2D eigenvalue weighted by Crippen LogP contribution is -2.41. The zero-order chi connectivity index (χ0) is 22.8. The Balaban J connectivity index is 1.53. The standard InChI is InChI=1S/C25H30N6OS/c1-2-12-31(18-6-4-7-18)24-23-21(11-15-33-23)28-25(29-24)27-20-8-3-5-17(16-26)22(20)30-13-9-19(32)10-14-30/h3,5,8,11,15,18-19,32H,2,4,6-7,9-10,12-14H2,1H3,(H,27,28,29). The third kappa shape index (κ3) is 4.35. The van der Waals surface area contributed by atoms with Crippen molar-refractivity contribution in [1.82, 2.24) is 9.97 Å². The van der Waals surface area contributed by atoms with Crippen molar-refractivity contribution >= 4 is 44.7 Å². The SMILES string of the molecule is CCCN(c1nc(Nc2cccc(C#N)c2N2CCC(O)CC2)nc2ccsc12)C1CCC1. The number of nitrogens with one attached hydrogen (secondary N) is 1. The first-order valence-corrected chi connectivity index (χ1v) is 12.8. The number of anilines is 4. The van der Waals surface area contributed by atoms with Gasteiger partial charge in [0.2, 0.25) is 5.95 Å². The Morgan fingerprint density at radius 2 is 2.03 bits per heavy atom. The zero-order valence-electron chi connectivity index (χ0n) is 19.0. The van der Waals surface area contributed by atoms with Crippen LogP contribution in [0.15, 0.2) is 29.6 Å². The van der Waals surface area contributed by atoms with Gasteiger partial charge in [-0.25, -0.2) is 4.98 Å². The van der Waals surface area contributed by atoms with Crippen molar-refractivity contribution in [2.45, 2.75) is 57.6 Å². The van der Waals surface area contributed by atoms with Crippen molar-refractivity contribution in [2.24, 2.45) is 0 Å². The van der Waals surface area contributed by atoms with Gasteiger partial charge in [-0.15, -0.1) is 11.3 Å². The molecule has 0 bridgehead atoms. The van der Waals surface area contributed by atoms with Crippen molar-refractivity contribution in [3.8, 4) is 6.07 Å². The highest BCUT2D eigenvalue weighted by Crippen LogP contribution is 2.38. The third-order valence-corrected chi connectivity index (χ3v) is 7.62. The highest BCUT2D eigenvalue weighted by Gasteiger charge is 2.28. The number of hydrogen-bond donors (Lipinski definition) is 2. The molecule has 3 heterocycles. The Bertz CT molecular complexity index is 1160. The number of hydrogen-bond acceptors (Lipinski definition) is 8. The number of aliphatic hydroxyl groups is 1. The van der Waals surface area contributed by atoms with E-state index in [-0.39, 0.29) is 6.10 Å². The van der Waals surface area contributed by atoms with Gasteiger partial charge in [-0.05, 0) is 62.1 Å². The molecule has 0 unspecified atom stereocenters. The topological polar surface area (TPSA) is 88.3 Å². The van der Waals surface area contributed by atoms with Crippen LogP contribution < -0.4 is 15.1 Å². The summed E-state index contributed by atoms with van der Waals surface area (Å²) in [6.45, 7) is 4.64. The number of aliphatic hydroxyl groups excluding tert-OH is 1. The first kappa shape index (κ1) is 21.9. The average molecular weight is 463 g/mol. The lowest BCUT2D eigenvalue weighted by molar-refractivity contribution is 0.145. The minimum atomic E-state index is -0.269. The Morgan fingerprint density at radius 3 is 2.73 bits per heavy atom.